The fourth-order valence-electron chi connectivity index (χ4n) is 4.35. The van der Waals surface area contributed by atoms with E-state index in [4.69, 9.17) is 11.6 Å². The monoisotopic (exact) mass is 370 g/mol. The van der Waals surface area contributed by atoms with Gasteiger partial charge in [-0.1, -0.05) is 23.7 Å². The van der Waals surface area contributed by atoms with Gasteiger partial charge in [-0.2, -0.15) is 0 Å². The lowest BCUT2D eigenvalue weighted by molar-refractivity contribution is 0.0949. The SMILES string of the molecule is O=C(NCCN1CC2CC(c3cccc(O)c3)C2C1)c1ccc(Cl)cc1. The quantitative estimate of drug-likeness (QED) is 0.846. The summed E-state index contributed by atoms with van der Waals surface area (Å²) in [5.41, 5.74) is 1.89. The number of hydrogen-bond donors (Lipinski definition) is 2. The summed E-state index contributed by atoms with van der Waals surface area (Å²) in [7, 11) is 0. The van der Waals surface area contributed by atoms with Crippen LogP contribution < -0.4 is 5.32 Å². The second kappa shape index (κ2) is 7.29. The molecule has 2 aromatic rings. The number of amides is 1. The van der Waals surface area contributed by atoms with Crippen LogP contribution in [-0.2, 0) is 0 Å². The number of phenols is 1. The number of hydrogen-bond acceptors (Lipinski definition) is 3. The largest absolute Gasteiger partial charge is 0.508 e. The summed E-state index contributed by atoms with van der Waals surface area (Å²) in [6.07, 6.45) is 1.20. The molecule has 5 heteroatoms. The number of rotatable bonds is 5. The van der Waals surface area contributed by atoms with Crippen LogP contribution in [0.1, 0.15) is 28.3 Å². The summed E-state index contributed by atoms with van der Waals surface area (Å²) < 4.78 is 0. The van der Waals surface area contributed by atoms with Gasteiger partial charge in [-0.25, -0.2) is 0 Å². The lowest BCUT2D eigenvalue weighted by Crippen LogP contribution is -2.34. The summed E-state index contributed by atoms with van der Waals surface area (Å²) in [5.74, 6) is 2.27. The molecule has 0 spiro atoms. The Bertz CT molecular complexity index is 793. The number of carbonyl (C=O) groups excluding carboxylic acids is 1. The third-order valence-electron chi connectivity index (χ3n) is 5.76. The van der Waals surface area contributed by atoms with Crippen LogP contribution in [0, 0.1) is 11.8 Å². The van der Waals surface area contributed by atoms with Crippen molar-refractivity contribution in [3.8, 4) is 5.75 Å². The van der Waals surface area contributed by atoms with E-state index in [-0.39, 0.29) is 5.91 Å². The van der Waals surface area contributed by atoms with Crippen molar-refractivity contribution in [2.24, 2.45) is 11.8 Å². The highest BCUT2D eigenvalue weighted by Gasteiger charge is 2.47. The number of likely N-dealkylation sites (tertiary alicyclic amines) is 1. The highest BCUT2D eigenvalue weighted by atomic mass is 35.5. The molecule has 4 nitrogen and oxygen atoms in total. The van der Waals surface area contributed by atoms with Crippen LogP contribution in [0.25, 0.3) is 0 Å². The van der Waals surface area contributed by atoms with Crippen molar-refractivity contribution in [1.82, 2.24) is 10.2 Å². The first kappa shape index (κ1) is 17.4. The standard InChI is InChI=1S/C21H23ClN2O2/c22-17-6-4-14(5-7-17)21(26)23-8-9-24-12-16-11-19(20(16)13-24)15-2-1-3-18(25)10-15/h1-7,10,16,19-20,25H,8-9,11-13H2,(H,23,26). The van der Waals surface area contributed by atoms with Gasteiger partial charge in [-0.05, 0) is 66.1 Å². The molecule has 2 N–H and O–H groups in total. The normalized spacial score (nSPS) is 24.7. The Hall–Kier alpha value is -2.04. The van der Waals surface area contributed by atoms with E-state index in [9.17, 15) is 9.90 Å². The zero-order valence-electron chi connectivity index (χ0n) is 14.6. The van der Waals surface area contributed by atoms with Crippen LogP contribution >= 0.6 is 11.6 Å². The summed E-state index contributed by atoms with van der Waals surface area (Å²) in [5, 5.41) is 13.3. The minimum atomic E-state index is -0.0542. The second-order valence-electron chi connectivity index (χ2n) is 7.38. The van der Waals surface area contributed by atoms with E-state index in [1.54, 1.807) is 30.3 Å². The molecule has 0 radical (unpaired) electrons. The second-order valence-corrected chi connectivity index (χ2v) is 7.82. The van der Waals surface area contributed by atoms with Crippen LogP contribution in [0.4, 0.5) is 0 Å². The molecule has 1 aliphatic heterocycles. The minimum absolute atomic E-state index is 0.0542. The topological polar surface area (TPSA) is 52.6 Å². The maximum atomic E-state index is 12.1. The Morgan fingerprint density at radius 1 is 1.19 bits per heavy atom. The van der Waals surface area contributed by atoms with Gasteiger partial charge in [0.1, 0.15) is 5.75 Å². The van der Waals surface area contributed by atoms with Gasteiger partial charge in [0.2, 0.25) is 0 Å². The highest BCUT2D eigenvalue weighted by molar-refractivity contribution is 6.30. The molecule has 1 heterocycles. The lowest BCUT2D eigenvalue weighted by Gasteiger charge is -2.40. The fourth-order valence-corrected chi connectivity index (χ4v) is 4.48. The number of nitrogens with zero attached hydrogens (tertiary/aromatic N) is 1. The Kier molecular flexibility index (Phi) is 4.88. The van der Waals surface area contributed by atoms with Crippen molar-refractivity contribution < 1.29 is 9.90 Å². The number of halogens is 1. The van der Waals surface area contributed by atoms with Crippen molar-refractivity contribution >= 4 is 17.5 Å². The zero-order valence-corrected chi connectivity index (χ0v) is 15.3. The van der Waals surface area contributed by atoms with Gasteiger partial charge in [-0.15, -0.1) is 0 Å². The van der Waals surface area contributed by atoms with Gasteiger partial charge < -0.3 is 15.3 Å². The van der Waals surface area contributed by atoms with Crippen LogP contribution in [0.2, 0.25) is 5.02 Å². The first-order chi connectivity index (χ1) is 12.6. The Morgan fingerprint density at radius 3 is 2.77 bits per heavy atom. The van der Waals surface area contributed by atoms with E-state index in [2.05, 4.69) is 16.3 Å². The first-order valence-corrected chi connectivity index (χ1v) is 9.53. The molecule has 26 heavy (non-hydrogen) atoms. The first-order valence-electron chi connectivity index (χ1n) is 9.15. The van der Waals surface area contributed by atoms with Crippen molar-refractivity contribution in [2.45, 2.75) is 12.3 Å². The Morgan fingerprint density at radius 2 is 2.00 bits per heavy atom. The average Bonchev–Trinajstić information content (AvgIpc) is 2.92. The molecule has 1 saturated carbocycles. The maximum Gasteiger partial charge on any atom is 0.251 e. The van der Waals surface area contributed by atoms with E-state index in [0.717, 1.165) is 25.6 Å². The van der Waals surface area contributed by atoms with E-state index >= 15 is 0 Å². The lowest BCUT2D eigenvalue weighted by atomic mass is 9.64. The molecule has 4 rings (SSSR count). The summed E-state index contributed by atoms with van der Waals surface area (Å²) >= 11 is 5.85. The number of carbonyl (C=O) groups is 1. The molecule has 0 bridgehead atoms. The molecule has 1 amide bonds. The predicted molar refractivity (Wildman–Crippen MR) is 103 cm³/mol. The highest BCUT2D eigenvalue weighted by Crippen LogP contribution is 2.51. The van der Waals surface area contributed by atoms with Gasteiger partial charge in [0, 0.05) is 36.8 Å². The molecule has 2 fully saturated rings. The van der Waals surface area contributed by atoms with E-state index in [1.165, 1.54) is 12.0 Å². The summed E-state index contributed by atoms with van der Waals surface area (Å²) in [4.78, 5) is 14.6. The number of nitrogens with one attached hydrogen (secondary N) is 1. The van der Waals surface area contributed by atoms with E-state index in [1.807, 2.05) is 12.1 Å². The number of phenolic OH excluding ortho intramolecular Hbond substituents is 1. The van der Waals surface area contributed by atoms with Gasteiger partial charge in [0.15, 0.2) is 0 Å². The molecule has 136 valence electrons. The zero-order chi connectivity index (χ0) is 18.1. The Labute approximate surface area is 158 Å². The third-order valence-corrected chi connectivity index (χ3v) is 6.01. The van der Waals surface area contributed by atoms with Crippen molar-refractivity contribution in [1.29, 1.82) is 0 Å². The molecular formula is C21H23ClN2O2. The van der Waals surface area contributed by atoms with Gasteiger partial charge in [-0.3, -0.25) is 4.79 Å². The number of fused-ring (bicyclic) bond motifs is 1. The van der Waals surface area contributed by atoms with Crippen LogP contribution in [0.3, 0.4) is 0 Å². The summed E-state index contributed by atoms with van der Waals surface area (Å²) in [6, 6.07) is 14.6. The van der Waals surface area contributed by atoms with Crippen LogP contribution in [-0.4, -0.2) is 42.1 Å². The van der Waals surface area contributed by atoms with E-state index < -0.39 is 0 Å². The van der Waals surface area contributed by atoms with Gasteiger partial charge >= 0.3 is 0 Å². The minimum Gasteiger partial charge on any atom is -0.508 e. The molecule has 2 aliphatic rings. The van der Waals surface area contributed by atoms with Crippen molar-refractivity contribution in [2.75, 3.05) is 26.2 Å². The van der Waals surface area contributed by atoms with Crippen molar-refractivity contribution in [3.05, 3.63) is 64.7 Å². The fraction of sp³-hybridized carbons (Fsp3) is 0.381. The average molecular weight is 371 g/mol. The van der Waals surface area contributed by atoms with Crippen LogP contribution in [0.5, 0.6) is 5.75 Å². The molecule has 3 unspecified atom stereocenters. The Balaban J connectivity index is 1.25. The smallest absolute Gasteiger partial charge is 0.251 e. The van der Waals surface area contributed by atoms with Crippen LogP contribution in [0.15, 0.2) is 48.5 Å². The van der Waals surface area contributed by atoms with Gasteiger partial charge in [0.05, 0.1) is 0 Å². The molecule has 1 aliphatic carbocycles. The van der Waals surface area contributed by atoms with E-state index in [0.29, 0.717) is 34.7 Å². The molecular weight excluding hydrogens is 348 g/mol. The molecule has 0 aromatic heterocycles. The summed E-state index contributed by atoms with van der Waals surface area (Å²) in [6.45, 7) is 3.70. The molecule has 1 saturated heterocycles. The molecule has 3 atom stereocenters. The number of benzene rings is 2. The predicted octanol–water partition coefficient (Wildman–Crippen LogP) is 3.51. The number of aromatic hydroxyl groups is 1. The van der Waals surface area contributed by atoms with Crippen molar-refractivity contribution in [3.63, 3.8) is 0 Å². The maximum absolute atomic E-state index is 12.1. The molecule has 2 aromatic carbocycles. The van der Waals surface area contributed by atoms with Gasteiger partial charge in [0.25, 0.3) is 5.91 Å². The third kappa shape index (κ3) is 3.57.